The summed E-state index contributed by atoms with van der Waals surface area (Å²) in [4.78, 5) is 4.03. The quantitative estimate of drug-likeness (QED) is 0.580. The third-order valence-electron chi connectivity index (χ3n) is 2.18. The SMILES string of the molecule is CC(C)(C)SCC(NN)c1cc(Cl)cnc1N. The van der Waals surface area contributed by atoms with E-state index in [0.717, 1.165) is 11.3 Å². The van der Waals surface area contributed by atoms with E-state index in [1.807, 2.05) is 0 Å². The first kappa shape index (κ1) is 14.6. The molecule has 1 atom stereocenters. The molecule has 4 nitrogen and oxygen atoms in total. The molecule has 0 aliphatic carbocycles. The molecule has 0 aliphatic rings. The summed E-state index contributed by atoms with van der Waals surface area (Å²) in [6.07, 6.45) is 1.53. The molecule has 0 fully saturated rings. The summed E-state index contributed by atoms with van der Waals surface area (Å²) in [5, 5.41) is 0.565. The van der Waals surface area contributed by atoms with Crippen LogP contribution in [0.4, 0.5) is 5.82 Å². The summed E-state index contributed by atoms with van der Waals surface area (Å²) in [6.45, 7) is 6.47. The first-order chi connectivity index (χ1) is 7.83. The van der Waals surface area contributed by atoms with Crippen molar-refractivity contribution in [2.24, 2.45) is 5.84 Å². The molecule has 5 N–H and O–H groups in total. The van der Waals surface area contributed by atoms with Crippen LogP contribution in [-0.2, 0) is 0 Å². The zero-order valence-corrected chi connectivity index (χ0v) is 11.9. The fourth-order valence-electron chi connectivity index (χ4n) is 1.31. The molecule has 17 heavy (non-hydrogen) atoms. The molecule has 1 aromatic rings. The number of rotatable bonds is 4. The Balaban J connectivity index is 2.82. The molecular formula is C11H19ClN4S. The highest BCUT2D eigenvalue weighted by Crippen LogP contribution is 2.30. The molecule has 0 amide bonds. The lowest BCUT2D eigenvalue weighted by molar-refractivity contribution is 0.607. The van der Waals surface area contributed by atoms with Crippen LogP contribution < -0.4 is 17.0 Å². The van der Waals surface area contributed by atoms with Crippen molar-refractivity contribution in [3.05, 3.63) is 22.8 Å². The number of pyridine rings is 1. The first-order valence-electron chi connectivity index (χ1n) is 5.34. The standard InChI is InChI=1S/C11H19ClN4S/c1-11(2,3)17-6-9(16-14)8-4-7(12)5-15-10(8)13/h4-5,9,16H,6,14H2,1-3H3,(H2,13,15). The molecule has 0 radical (unpaired) electrons. The lowest BCUT2D eigenvalue weighted by atomic mass is 10.1. The number of hydrazine groups is 1. The highest BCUT2D eigenvalue weighted by molar-refractivity contribution is 8.00. The molecule has 0 bridgehead atoms. The molecule has 0 saturated heterocycles. The Morgan fingerprint density at radius 2 is 2.18 bits per heavy atom. The van der Waals surface area contributed by atoms with Gasteiger partial charge in [-0.25, -0.2) is 4.98 Å². The maximum atomic E-state index is 5.91. The molecule has 0 spiro atoms. The third kappa shape index (κ3) is 4.71. The van der Waals surface area contributed by atoms with Gasteiger partial charge in [-0.2, -0.15) is 11.8 Å². The van der Waals surface area contributed by atoms with Crippen LogP contribution in [0.2, 0.25) is 5.02 Å². The summed E-state index contributed by atoms with van der Waals surface area (Å²) in [7, 11) is 0. The van der Waals surface area contributed by atoms with E-state index >= 15 is 0 Å². The van der Waals surface area contributed by atoms with Crippen LogP contribution >= 0.6 is 23.4 Å². The maximum Gasteiger partial charge on any atom is 0.128 e. The molecule has 0 aromatic carbocycles. The Labute approximate surface area is 111 Å². The van der Waals surface area contributed by atoms with Crippen molar-refractivity contribution in [2.75, 3.05) is 11.5 Å². The van der Waals surface area contributed by atoms with Crippen molar-refractivity contribution in [2.45, 2.75) is 31.6 Å². The molecule has 6 heteroatoms. The number of nitrogens with zero attached hydrogens (tertiary/aromatic N) is 1. The van der Waals surface area contributed by atoms with E-state index in [-0.39, 0.29) is 10.8 Å². The van der Waals surface area contributed by atoms with E-state index in [4.69, 9.17) is 23.2 Å². The Morgan fingerprint density at radius 3 is 2.71 bits per heavy atom. The van der Waals surface area contributed by atoms with E-state index in [1.54, 1.807) is 17.8 Å². The molecule has 0 aliphatic heterocycles. The lowest BCUT2D eigenvalue weighted by Gasteiger charge is -2.23. The van der Waals surface area contributed by atoms with Crippen LogP contribution in [0.25, 0.3) is 0 Å². The summed E-state index contributed by atoms with van der Waals surface area (Å²) >= 11 is 7.72. The first-order valence-corrected chi connectivity index (χ1v) is 6.71. The minimum Gasteiger partial charge on any atom is -0.383 e. The third-order valence-corrected chi connectivity index (χ3v) is 3.75. The van der Waals surface area contributed by atoms with Gasteiger partial charge in [0.15, 0.2) is 0 Å². The Hall–Kier alpha value is -0.490. The normalized spacial score (nSPS) is 13.7. The predicted molar refractivity (Wildman–Crippen MR) is 75.9 cm³/mol. The van der Waals surface area contributed by atoms with Crippen molar-refractivity contribution in [1.29, 1.82) is 0 Å². The monoisotopic (exact) mass is 274 g/mol. The number of nitrogen functional groups attached to an aromatic ring is 1. The number of hydrogen-bond acceptors (Lipinski definition) is 5. The van der Waals surface area contributed by atoms with Gasteiger partial charge in [0.25, 0.3) is 0 Å². The van der Waals surface area contributed by atoms with E-state index in [1.165, 1.54) is 6.20 Å². The Morgan fingerprint density at radius 1 is 1.53 bits per heavy atom. The van der Waals surface area contributed by atoms with Gasteiger partial charge in [-0.3, -0.25) is 11.3 Å². The number of nitrogens with one attached hydrogen (secondary N) is 1. The van der Waals surface area contributed by atoms with Crippen molar-refractivity contribution < 1.29 is 0 Å². The molecule has 0 saturated carbocycles. The fourth-order valence-corrected chi connectivity index (χ4v) is 2.41. The van der Waals surface area contributed by atoms with E-state index < -0.39 is 0 Å². The van der Waals surface area contributed by atoms with E-state index in [9.17, 15) is 0 Å². The van der Waals surface area contributed by atoms with Gasteiger partial charge in [-0.1, -0.05) is 32.4 Å². The number of hydrogen-bond donors (Lipinski definition) is 3. The molecule has 1 aromatic heterocycles. The van der Waals surface area contributed by atoms with Crippen molar-refractivity contribution in [3.63, 3.8) is 0 Å². The lowest BCUT2D eigenvalue weighted by Crippen LogP contribution is -2.31. The zero-order chi connectivity index (χ0) is 13.1. The Kier molecular flexibility index (Phi) is 5.06. The molecular weight excluding hydrogens is 256 g/mol. The largest absolute Gasteiger partial charge is 0.383 e. The highest BCUT2D eigenvalue weighted by atomic mass is 35.5. The molecule has 1 rings (SSSR count). The van der Waals surface area contributed by atoms with E-state index in [0.29, 0.717) is 10.8 Å². The van der Waals surface area contributed by atoms with Gasteiger partial charge >= 0.3 is 0 Å². The van der Waals surface area contributed by atoms with Crippen LogP contribution in [-0.4, -0.2) is 15.5 Å². The van der Waals surface area contributed by atoms with Crippen LogP contribution in [0.3, 0.4) is 0 Å². The van der Waals surface area contributed by atoms with Crippen LogP contribution in [0.15, 0.2) is 12.3 Å². The van der Waals surface area contributed by atoms with Crippen molar-refractivity contribution in [3.8, 4) is 0 Å². The summed E-state index contributed by atoms with van der Waals surface area (Å²) in [5.74, 6) is 6.84. The summed E-state index contributed by atoms with van der Waals surface area (Å²) < 4.78 is 0.176. The molecule has 96 valence electrons. The number of thioether (sulfide) groups is 1. The van der Waals surface area contributed by atoms with Crippen LogP contribution in [0.5, 0.6) is 0 Å². The van der Waals surface area contributed by atoms with Gasteiger partial charge in [-0.15, -0.1) is 0 Å². The van der Waals surface area contributed by atoms with Crippen LogP contribution in [0.1, 0.15) is 32.4 Å². The Bertz CT molecular complexity index is 378. The zero-order valence-electron chi connectivity index (χ0n) is 10.3. The second kappa shape index (κ2) is 5.91. The van der Waals surface area contributed by atoms with Crippen molar-refractivity contribution in [1.82, 2.24) is 10.4 Å². The van der Waals surface area contributed by atoms with Gasteiger partial charge in [0.05, 0.1) is 11.1 Å². The summed E-state index contributed by atoms with van der Waals surface area (Å²) in [5.41, 5.74) is 9.43. The van der Waals surface area contributed by atoms with Gasteiger partial charge in [0, 0.05) is 22.3 Å². The van der Waals surface area contributed by atoms with Crippen LogP contribution in [0, 0.1) is 0 Å². The van der Waals surface area contributed by atoms with Gasteiger partial charge in [-0.05, 0) is 6.07 Å². The average Bonchev–Trinajstić information content (AvgIpc) is 2.22. The predicted octanol–water partition coefficient (Wildman–Crippen LogP) is 2.35. The second-order valence-electron chi connectivity index (χ2n) is 4.77. The second-order valence-corrected chi connectivity index (χ2v) is 7.05. The minimum absolute atomic E-state index is 0.0505. The van der Waals surface area contributed by atoms with E-state index in [2.05, 4.69) is 31.2 Å². The molecule has 1 heterocycles. The topological polar surface area (TPSA) is 77.0 Å². The summed E-state index contributed by atoms with van der Waals surface area (Å²) in [6, 6.07) is 1.75. The average molecular weight is 275 g/mol. The van der Waals surface area contributed by atoms with Gasteiger partial charge < -0.3 is 5.73 Å². The smallest absolute Gasteiger partial charge is 0.128 e. The number of halogens is 1. The fraction of sp³-hybridized carbons (Fsp3) is 0.545. The minimum atomic E-state index is -0.0505. The number of anilines is 1. The number of aromatic nitrogens is 1. The highest BCUT2D eigenvalue weighted by Gasteiger charge is 2.18. The van der Waals surface area contributed by atoms with Crippen molar-refractivity contribution >= 4 is 29.2 Å². The van der Waals surface area contributed by atoms with Gasteiger partial charge in [0.2, 0.25) is 0 Å². The number of nitrogens with two attached hydrogens (primary N) is 2. The van der Waals surface area contributed by atoms with Gasteiger partial charge in [0.1, 0.15) is 5.82 Å². The maximum absolute atomic E-state index is 5.91. The molecule has 1 unspecified atom stereocenters.